The van der Waals surface area contributed by atoms with Crippen LogP contribution in [-0.2, 0) is 0 Å². The molecule has 0 saturated heterocycles. The second kappa shape index (κ2) is 6.80. The second-order valence-corrected chi connectivity index (χ2v) is 4.17. The zero-order chi connectivity index (χ0) is 13.5. The summed E-state index contributed by atoms with van der Waals surface area (Å²) in [6.07, 6.45) is 2.10. The van der Waals surface area contributed by atoms with Crippen molar-refractivity contribution >= 4 is 17.1 Å². The van der Waals surface area contributed by atoms with Crippen LogP contribution in [0.3, 0.4) is 0 Å². The van der Waals surface area contributed by atoms with Crippen molar-refractivity contribution in [3.63, 3.8) is 0 Å². The summed E-state index contributed by atoms with van der Waals surface area (Å²) in [6, 6.07) is 5.01. The number of hydrogen-bond acceptors (Lipinski definition) is 5. The van der Waals surface area contributed by atoms with E-state index in [0.717, 1.165) is 19.4 Å². The van der Waals surface area contributed by atoms with Gasteiger partial charge in [0.05, 0.1) is 4.92 Å². The monoisotopic (exact) mass is 252 g/mol. The van der Waals surface area contributed by atoms with Gasteiger partial charge in [0.15, 0.2) is 0 Å². The number of rotatable bonds is 7. The summed E-state index contributed by atoms with van der Waals surface area (Å²) >= 11 is 0. The third kappa shape index (κ3) is 3.33. The molecular weight excluding hydrogens is 232 g/mol. The largest absolute Gasteiger partial charge is 0.379 e. The number of nitro groups is 1. The van der Waals surface area contributed by atoms with Gasteiger partial charge >= 0.3 is 5.69 Å². The van der Waals surface area contributed by atoms with Crippen molar-refractivity contribution in [1.29, 1.82) is 0 Å². The zero-order valence-corrected chi connectivity index (χ0v) is 10.8. The van der Waals surface area contributed by atoms with Crippen molar-refractivity contribution in [2.24, 2.45) is 11.8 Å². The number of benzene rings is 1. The molecular formula is C12H20N4O2. The van der Waals surface area contributed by atoms with Crippen molar-refractivity contribution in [1.82, 2.24) is 0 Å². The predicted molar refractivity (Wildman–Crippen MR) is 73.5 cm³/mol. The fourth-order valence-corrected chi connectivity index (χ4v) is 1.83. The first-order valence-corrected chi connectivity index (χ1v) is 6.11. The molecule has 0 fully saturated rings. The lowest BCUT2D eigenvalue weighted by molar-refractivity contribution is -0.383. The zero-order valence-electron chi connectivity index (χ0n) is 10.8. The van der Waals surface area contributed by atoms with Crippen LogP contribution in [0.2, 0.25) is 0 Å². The molecule has 0 heterocycles. The van der Waals surface area contributed by atoms with Gasteiger partial charge in [0.25, 0.3) is 0 Å². The van der Waals surface area contributed by atoms with E-state index in [9.17, 15) is 10.1 Å². The van der Waals surface area contributed by atoms with Gasteiger partial charge in [0.1, 0.15) is 11.4 Å². The number of hydrogen-bond donors (Lipinski definition) is 3. The number of nitrogens with one attached hydrogen (secondary N) is 2. The second-order valence-electron chi connectivity index (χ2n) is 4.17. The Morgan fingerprint density at radius 2 is 1.94 bits per heavy atom. The highest BCUT2D eigenvalue weighted by atomic mass is 16.6. The molecule has 100 valence electrons. The molecule has 0 atom stereocenters. The van der Waals surface area contributed by atoms with Crippen LogP contribution in [0, 0.1) is 16.0 Å². The Morgan fingerprint density at radius 3 is 2.44 bits per heavy atom. The number of nitro benzene ring substituents is 1. The summed E-state index contributed by atoms with van der Waals surface area (Å²) in [7, 11) is 0. The number of nitrogens with zero attached hydrogens (tertiary/aromatic N) is 1. The van der Waals surface area contributed by atoms with E-state index in [1.54, 1.807) is 18.2 Å². The van der Waals surface area contributed by atoms with E-state index in [2.05, 4.69) is 24.6 Å². The van der Waals surface area contributed by atoms with Gasteiger partial charge in [0.2, 0.25) is 0 Å². The Labute approximate surface area is 107 Å². The maximum absolute atomic E-state index is 11.1. The number of para-hydroxylation sites is 1. The van der Waals surface area contributed by atoms with E-state index < -0.39 is 4.92 Å². The van der Waals surface area contributed by atoms with Crippen LogP contribution in [-0.4, -0.2) is 11.5 Å². The highest BCUT2D eigenvalue weighted by Gasteiger charge is 2.19. The van der Waals surface area contributed by atoms with Gasteiger partial charge in [-0.15, -0.1) is 0 Å². The minimum Gasteiger partial charge on any atom is -0.379 e. The van der Waals surface area contributed by atoms with E-state index in [4.69, 9.17) is 5.84 Å². The molecule has 6 nitrogen and oxygen atoms in total. The summed E-state index contributed by atoms with van der Waals surface area (Å²) in [4.78, 5) is 10.6. The Morgan fingerprint density at radius 1 is 1.33 bits per heavy atom. The van der Waals surface area contributed by atoms with Gasteiger partial charge in [-0.2, -0.15) is 0 Å². The maximum atomic E-state index is 11.1. The normalized spacial score (nSPS) is 10.4. The third-order valence-corrected chi connectivity index (χ3v) is 3.11. The van der Waals surface area contributed by atoms with Crippen LogP contribution in [0.25, 0.3) is 0 Å². The van der Waals surface area contributed by atoms with Crippen molar-refractivity contribution in [2.75, 3.05) is 17.3 Å². The highest BCUT2D eigenvalue weighted by molar-refractivity contribution is 5.75. The van der Waals surface area contributed by atoms with Crippen LogP contribution in [0.5, 0.6) is 0 Å². The molecule has 18 heavy (non-hydrogen) atoms. The number of nitrogen functional groups attached to an aromatic ring is 1. The molecule has 0 unspecified atom stereocenters. The van der Waals surface area contributed by atoms with Crippen molar-refractivity contribution in [2.45, 2.75) is 26.7 Å². The van der Waals surface area contributed by atoms with Crippen LogP contribution >= 0.6 is 0 Å². The summed E-state index contributed by atoms with van der Waals surface area (Å²) < 4.78 is 0. The third-order valence-electron chi connectivity index (χ3n) is 3.11. The molecule has 0 bridgehead atoms. The minimum atomic E-state index is -0.426. The number of nitrogens with two attached hydrogens (primary N) is 1. The van der Waals surface area contributed by atoms with Gasteiger partial charge in [-0.1, -0.05) is 32.8 Å². The van der Waals surface area contributed by atoms with Gasteiger partial charge < -0.3 is 10.7 Å². The van der Waals surface area contributed by atoms with E-state index in [1.165, 1.54) is 0 Å². The van der Waals surface area contributed by atoms with Gasteiger partial charge in [-0.05, 0) is 18.1 Å². The van der Waals surface area contributed by atoms with E-state index in [0.29, 0.717) is 17.3 Å². The first kappa shape index (κ1) is 14.2. The molecule has 0 radical (unpaired) electrons. The number of anilines is 2. The first-order chi connectivity index (χ1) is 8.63. The molecule has 6 heteroatoms. The molecule has 1 aromatic rings. The lowest BCUT2D eigenvalue weighted by atomic mass is 10.0. The molecule has 0 aliphatic carbocycles. The van der Waals surface area contributed by atoms with Crippen LogP contribution in [0.4, 0.5) is 17.1 Å². The highest BCUT2D eigenvalue weighted by Crippen LogP contribution is 2.32. The van der Waals surface area contributed by atoms with E-state index in [1.807, 2.05) is 0 Å². The summed E-state index contributed by atoms with van der Waals surface area (Å²) in [6.45, 7) is 4.95. The smallest absolute Gasteiger partial charge is 0.316 e. The number of hydrazine groups is 1. The summed E-state index contributed by atoms with van der Waals surface area (Å²) in [5.74, 6) is 5.80. The Bertz CT molecular complexity index is 405. The predicted octanol–water partition coefficient (Wildman–Crippen LogP) is 2.73. The van der Waals surface area contributed by atoms with Crippen molar-refractivity contribution in [3.8, 4) is 0 Å². The van der Waals surface area contributed by atoms with Gasteiger partial charge in [-0.25, -0.2) is 0 Å². The van der Waals surface area contributed by atoms with Crippen molar-refractivity contribution in [3.05, 3.63) is 28.3 Å². The fourth-order valence-electron chi connectivity index (χ4n) is 1.83. The molecule has 1 aromatic carbocycles. The van der Waals surface area contributed by atoms with Crippen LogP contribution in [0.15, 0.2) is 18.2 Å². The van der Waals surface area contributed by atoms with Crippen LogP contribution < -0.4 is 16.6 Å². The Balaban J connectivity index is 2.91. The standard InChI is InChI=1S/C12H20N4O2/c1-3-9(4-2)8-14-10-6-5-7-11(15-13)12(10)16(17)18/h5-7,9,14-15H,3-4,8,13H2,1-2H3. The SMILES string of the molecule is CCC(CC)CNc1cccc(NN)c1[N+](=O)[O-]. The molecule has 0 aliphatic rings. The topological polar surface area (TPSA) is 93.2 Å². The van der Waals surface area contributed by atoms with Gasteiger partial charge in [0, 0.05) is 6.54 Å². The maximum Gasteiger partial charge on any atom is 0.316 e. The molecule has 1 rings (SSSR count). The quantitative estimate of drug-likeness (QED) is 0.394. The Hall–Kier alpha value is -1.82. The molecule has 0 aliphatic heterocycles. The average molecular weight is 252 g/mol. The molecule has 0 spiro atoms. The van der Waals surface area contributed by atoms with Crippen molar-refractivity contribution < 1.29 is 4.92 Å². The first-order valence-electron chi connectivity index (χ1n) is 6.11. The van der Waals surface area contributed by atoms with Gasteiger partial charge in [-0.3, -0.25) is 16.0 Å². The Kier molecular flexibility index (Phi) is 5.38. The lowest BCUT2D eigenvalue weighted by Gasteiger charge is -2.15. The summed E-state index contributed by atoms with van der Waals surface area (Å²) in [5.41, 5.74) is 3.16. The lowest BCUT2D eigenvalue weighted by Crippen LogP contribution is -2.15. The molecule has 4 N–H and O–H groups in total. The molecule has 0 aromatic heterocycles. The summed E-state index contributed by atoms with van der Waals surface area (Å²) in [5, 5.41) is 14.2. The fraction of sp³-hybridized carbons (Fsp3) is 0.500. The molecule has 0 amide bonds. The molecule has 0 saturated carbocycles. The minimum absolute atomic E-state index is 0.00837. The average Bonchev–Trinajstić information content (AvgIpc) is 2.39. The van der Waals surface area contributed by atoms with E-state index >= 15 is 0 Å². The van der Waals surface area contributed by atoms with Crippen LogP contribution in [0.1, 0.15) is 26.7 Å². The van der Waals surface area contributed by atoms with E-state index in [-0.39, 0.29) is 5.69 Å².